The van der Waals surface area contributed by atoms with Gasteiger partial charge >= 0.3 is 0 Å². The highest BCUT2D eigenvalue weighted by Gasteiger charge is 2.24. The second-order valence-corrected chi connectivity index (χ2v) is 5.11. The molecule has 2 aromatic rings. The van der Waals surface area contributed by atoms with E-state index < -0.39 is 0 Å². The van der Waals surface area contributed by atoms with Crippen molar-refractivity contribution in [2.75, 3.05) is 29.0 Å². The zero-order valence-electron chi connectivity index (χ0n) is 9.65. The van der Waals surface area contributed by atoms with Gasteiger partial charge in [0.25, 0.3) is 0 Å². The molecule has 0 aromatic carbocycles. The van der Waals surface area contributed by atoms with Gasteiger partial charge in [0.2, 0.25) is 10.3 Å². The number of aromatic nitrogens is 4. The highest BCUT2D eigenvalue weighted by molar-refractivity contribution is 7.18. The lowest BCUT2D eigenvalue weighted by atomic mass is 10.3. The van der Waals surface area contributed by atoms with Crippen molar-refractivity contribution in [2.24, 2.45) is 0 Å². The van der Waals surface area contributed by atoms with Crippen LogP contribution in [0, 0.1) is 0 Å². The lowest BCUT2D eigenvalue weighted by Gasteiger charge is -2.16. The molecule has 18 heavy (non-hydrogen) atoms. The molecule has 7 nitrogen and oxygen atoms in total. The first-order chi connectivity index (χ1) is 8.81. The summed E-state index contributed by atoms with van der Waals surface area (Å²) in [6, 6.07) is 4.21. The van der Waals surface area contributed by atoms with Crippen LogP contribution in [0.15, 0.2) is 18.3 Å². The predicted octanol–water partition coefficient (Wildman–Crippen LogP) is 0.601. The summed E-state index contributed by atoms with van der Waals surface area (Å²) in [5.74, 6) is 0.915. The third-order valence-corrected chi connectivity index (χ3v) is 3.52. The molecule has 0 bridgehead atoms. The van der Waals surface area contributed by atoms with E-state index in [0.29, 0.717) is 11.2 Å². The van der Waals surface area contributed by atoms with Crippen LogP contribution < -0.4 is 16.0 Å². The summed E-state index contributed by atoms with van der Waals surface area (Å²) in [4.78, 5) is 2.20. The summed E-state index contributed by atoms with van der Waals surface area (Å²) in [5, 5.41) is 20.3. The Labute approximate surface area is 108 Å². The van der Waals surface area contributed by atoms with Crippen molar-refractivity contribution in [1.82, 2.24) is 20.4 Å². The van der Waals surface area contributed by atoms with E-state index in [1.54, 1.807) is 6.20 Å². The molecule has 1 fully saturated rings. The Hall–Kier alpha value is -1.96. The second-order valence-electron chi connectivity index (χ2n) is 4.10. The molecular weight excluding hydrogens is 250 g/mol. The normalized spacial score (nSPS) is 19.1. The van der Waals surface area contributed by atoms with Crippen LogP contribution in [0.4, 0.5) is 16.1 Å². The van der Waals surface area contributed by atoms with Gasteiger partial charge in [-0.3, -0.25) is 0 Å². The first-order valence-electron chi connectivity index (χ1n) is 5.69. The molecule has 94 valence electrons. The van der Waals surface area contributed by atoms with Gasteiger partial charge < -0.3 is 16.0 Å². The molecule has 0 saturated carbocycles. The van der Waals surface area contributed by atoms with E-state index in [0.717, 1.165) is 30.5 Å². The van der Waals surface area contributed by atoms with Crippen LogP contribution in [0.2, 0.25) is 0 Å². The van der Waals surface area contributed by atoms with Crippen LogP contribution in [-0.2, 0) is 0 Å². The molecule has 1 aliphatic heterocycles. The first-order valence-corrected chi connectivity index (χ1v) is 6.51. The average molecular weight is 263 g/mol. The van der Waals surface area contributed by atoms with Crippen LogP contribution in [0.5, 0.6) is 0 Å². The van der Waals surface area contributed by atoms with Crippen LogP contribution in [0.1, 0.15) is 6.42 Å². The van der Waals surface area contributed by atoms with E-state index >= 15 is 0 Å². The maximum Gasteiger partial charge on any atom is 0.207 e. The number of hydrogen-bond donors (Lipinski definition) is 2. The molecule has 3 heterocycles. The van der Waals surface area contributed by atoms with E-state index in [2.05, 4.69) is 30.6 Å². The fourth-order valence-electron chi connectivity index (χ4n) is 2.02. The van der Waals surface area contributed by atoms with Crippen LogP contribution in [-0.4, -0.2) is 39.5 Å². The second kappa shape index (κ2) is 4.73. The number of nitrogens with two attached hydrogens (primary N) is 1. The number of rotatable bonds is 3. The largest absolute Gasteiger partial charge is 0.374 e. The predicted molar refractivity (Wildman–Crippen MR) is 70.6 cm³/mol. The van der Waals surface area contributed by atoms with Crippen molar-refractivity contribution in [2.45, 2.75) is 12.5 Å². The zero-order valence-corrected chi connectivity index (χ0v) is 10.5. The summed E-state index contributed by atoms with van der Waals surface area (Å²) in [6.07, 6.45) is 2.72. The first kappa shape index (κ1) is 11.1. The maximum atomic E-state index is 5.55. The van der Waals surface area contributed by atoms with Crippen molar-refractivity contribution in [3.63, 3.8) is 0 Å². The minimum absolute atomic E-state index is 0.347. The highest BCUT2D eigenvalue weighted by atomic mass is 32.1. The summed E-state index contributed by atoms with van der Waals surface area (Å²) in [7, 11) is 0. The molecule has 1 aliphatic rings. The standard InChI is InChI=1S/C10H13N7S/c11-9-15-16-10(18-9)13-7-3-5-17(6-7)8-2-1-4-12-14-8/h1-2,4,7H,3,5-6H2,(H2,11,15)(H,13,16)/t7-/m1/s1. The van der Waals surface area contributed by atoms with Gasteiger partial charge in [-0.2, -0.15) is 5.10 Å². The summed E-state index contributed by atoms with van der Waals surface area (Å²) in [6.45, 7) is 1.85. The molecule has 3 N–H and O–H groups in total. The van der Waals surface area contributed by atoms with Crippen molar-refractivity contribution < 1.29 is 0 Å². The highest BCUT2D eigenvalue weighted by Crippen LogP contribution is 2.22. The number of hydrogen-bond acceptors (Lipinski definition) is 8. The zero-order chi connectivity index (χ0) is 12.4. The summed E-state index contributed by atoms with van der Waals surface area (Å²) >= 11 is 1.37. The van der Waals surface area contributed by atoms with Gasteiger partial charge in [-0.15, -0.1) is 15.3 Å². The van der Waals surface area contributed by atoms with Gasteiger partial charge in [0, 0.05) is 25.3 Å². The van der Waals surface area contributed by atoms with E-state index in [1.165, 1.54) is 11.3 Å². The molecular formula is C10H13N7S. The Morgan fingerprint density at radius 2 is 2.33 bits per heavy atom. The smallest absolute Gasteiger partial charge is 0.207 e. The molecule has 0 unspecified atom stereocenters. The Kier molecular flexibility index (Phi) is 2.93. The van der Waals surface area contributed by atoms with Gasteiger partial charge in [-0.25, -0.2) is 0 Å². The molecule has 3 rings (SSSR count). The molecule has 1 atom stereocenters. The van der Waals surface area contributed by atoms with Gasteiger partial charge in [0.05, 0.1) is 0 Å². The van der Waals surface area contributed by atoms with E-state index in [9.17, 15) is 0 Å². The fourth-order valence-corrected chi connectivity index (χ4v) is 2.60. The van der Waals surface area contributed by atoms with Crippen molar-refractivity contribution in [3.05, 3.63) is 18.3 Å². The third kappa shape index (κ3) is 2.33. The topological polar surface area (TPSA) is 92.8 Å². The summed E-state index contributed by atoms with van der Waals surface area (Å²) in [5.41, 5.74) is 5.55. The molecule has 2 aromatic heterocycles. The van der Waals surface area contributed by atoms with Crippen molar-refractivity contribution >= 4 is 27.4 Å². The Morgan fingerprint density at radius 3 is 3.06 bits per heavy atom. The van der Waals surface area contributed by atoms with Crippen LogP contribution in [0.3, 0.4) is 0 Å². The van der Waals surface area contributed by atoms with Gasteiger partial charge in [-0.1, -0.05) is 11.3 Å². The molecule has 8 heteroatoms. The fraction of sp³-hybridized carbons (Fsp3) is 0.400. The number of nitrogens with zero attached hydrogens (tertiary/aromatic N) is 5. The lowest BCUT2D eigenvalue weighted by molar-refractivity contribution is 0.799. The maximum absolute atomic E-state index is 5.55. The third-order valence-electron chi connectivity index (χ3n) is 2.84. The Balaban J connectivity index is 1.62. The van der Waals surface area contributed by atoms with E-state index in [1.807, 2.05) is 12.1 Å². The van der Waals surface area contributed by atoms with Gasteiger partial charge in [0.1, 0.15) is 0 Å². The Morgan fingerprint density at radius 1 is 1.39 bits per heavy atom. The minimum atomic E-state index is 0.347. The van der Waals surface area contributed by atoms with Crippen molar-refractivity contribution in [1.29, 1.82) is 0 Å². The average Bonchev–Trinajstić information content (AvgIpc) is 3.01. The number of nitrogens with one attached hydrogen (secondary N) is 1. The van der Waals surface area contributed by atoms with Crippen LogP contribution in [0.25, 0.3) is 0 Å². The number of anilines is 3. The van der Waals surface area contributed by atoms with E-state index in [-0.39, 0.29) is 0 Å². The minimum Gasteiger partial charge on any atom is -0.374 e. The quantitative estimate of drug-likeness (QED) is 0.837. The molecule has 0 radical (unpaired) electrons. The molecule has 0 spiro atoms. The Bertz CT molecular complexity index is 514. The van der Waals surface area contributed by atoms with Crippen molar-refractivity contribution in [3.8, 4) is 0 Å². The van der Waals surface area contributed by atoms with Gasteiger partial charge in [-0.05, 0) is 18.6 Å². The van der Waals surface area contributed by atoms with Gasteiger partial charge in [0.15, 0.2) is 5.82 Å². The van der Waals surface area contributed by atoms with E-state index in [4.69, 9.17) is 5.73 Å². The SMILES string of the molecule is Nc1nnc(N[C@@H]2CCN(c3cccnn3)C2)s1. The monoisotopic (exact) mass is 263 g/mol. The number of nitrogen functional groups attached to an aromatic ring is 1. The molecule has 0 aliphatic carbocycles. The molecule has 0 amide bonds. The summed E-state index contributed by atoms with van der Waals surface area (Å²) < 4.78 is 0. The lowest BCUT2D eigenvalue weighted by Crippen LogP contribution is -2.26. The van der Waals surface area contributed by atoms with Crippen LogP contribution >= 0.6 is 11.3 Å². The molecule has 1 saturated heterocycles.